The average Bonchev–Trinajstić information content (AvgIpc) is 3.23. The van der Waals surface area contributed by atoms with Crippen LogP contribution in [0.4, 0.5) is 5.82 Å². The zero-order chi connectivity index (χ0) is 18.1. The number of likely N-dealkylation sites (tertiary alicyclic amines) is 1. The third kappa shape index (κ3) is 3.99. The molecule has 2 aliphatic rings. The van der Waals surface area contributed by atoms with Crippen molar-refractivity contribution in [1.82, 2.24) is 20.2 Å². The summed E-state index contributed by atoms with van der Waals surface area (Å²) in [5.74, 6) is 2.38. The molecule has 0 aromatic carbocycles. The maximum absolute atomic E-state index is 12.1. The topological polar surface area (TPSA) is 70.2 Å². The van der Waals surface area contributed by atoms with E-state index in [2.05, 4.69) is 29.4 Å². The lowest BCUT2D eigenvalue weighted by Crippen LogP contribution is -2.31. The van der Waals surface area contributed by atoms with Gasteiger partial charge in [0.25, 0.3) is 0 Å². The van der Waals surface area contributed by atoms with E-state index in [0.29, 0.717) is 5.92 Å². The molecular weight excluding hydrogens is 346 g/mol. The van der Waals surface area contributed by atoms with Gasteiger partial charge in [-0.1, -0.05) is 0 Å². The lowest BCUT2D eigenvalue weighted by atomic mass is 10.2. The number of amides is 1. The number of carbonyl (C=O) groups is 1. The summed E-state index contributed by atoms with van der Waals surface area (Å²) < 4.78 is 0. The Morgan fingerprint density at radius 2 is 2.00 bits per heavy atom. The molecule has 3 heterocycles. The smallest absolute Gasteiger partial charge is 0.239 e. The third-order valence-electron chi connectivity index (χ3n) is 5.34. The van der Waals surface area contributed by atoms with Crippen LogP contribution in [0.15, 0.2) is 0 Å². The number of rotatable bonds is 7. The van der Waals surface area contributed by atoms with Crippen LogP contribution in [0.3, 0.4) is 0 Å². The molecule has 4 rings (SSSR count). The number of fused-ring (bicyclic) bond motifs is 1. The summed E-state index contributed by atoms with van der Waals surface area (Å²) in [5.41, 5.74) is 1.21. The number of nitrogens with one attached hydrogen (secondary N) is 2. The van der Waals surface area contributed by atoms with Crippen LogP contribution in [0.5, 0.6) is 0 Å². The van der Waals surface area contributed by atoms with Crippen LogP contribution in [0.2, 0.25) is 0 Å². The summed E-state index contributed by atoms with van der Waals surface area (Å²) in [6, 6.07) is 0. The second-order valence-corrected chi connectivity index (χ2v) is 8.74. The predicted molar refractivity (Wildman–Crippen MR) is 106 cm³/mol. The van der Waals surface area contributed by atoms with Gasteiger partial charge in [0.15, 0.2) is 0 Å². The van der Waals surface area contributed by atoms with Gasteiger partial charge in [-0.3, -0.25) is 9.69 Å². The molecule has 0 radical (unpaired) electrons. The fourth-order valence-corrected chi connectivity index (χ4v) is 4.49. The summed E-state index contributed by atoms with van der Waals surface area (Å²) in [6.07, 6.45) is 5.00. The largest absolute Gasteiger partial charge is 0.360 e. The van der Waals surface area contributed by atoms with E-state index in [4.69, 9.17) is 9.97 Å². The standard InChI is InChI=1S/C19H27N5OS/c1-12-13(2)26-19-17(12)18(21-10-16(25)20-9-14-5-6-14)22-15(23-19)11-24-7-3-4-8-24/h14H,3-11H2,1-2H3,(H,20,25)(H,21,22,23). The molecule has 1 saturated heterocycles. The summed E-state index contributed by atoms with van der Waals surface area (Å²) in [5, 5.41) is 7.34. The number of carbonyl (C=O) groups excluding carboxylic acids is 1. The van der Waals surface area contributed by atoms with Crippen LogP contribution in [-0.2, 0) is 11.3 Å². The number of hydrogen-bond donors (Lipinski definition) is 2. The molecule has 2 aromatic rings. The second kappa shape index (κ2) is 7.48. The van der Waals surface area contributed by atoms with Gasteiger partial charge in [0.1, 0.15) is 16.5 Å². The van der Waals surface area contributed by atoms with Gasteiger partial charge < -0.3 is 10.6 Å². The summed E-state index contributed by atoms with van der Waals surface area (Å²) in [4.78, 5) is 26.4. The Balaban J connectivity index is 1.52. The molecule has 0 unspecified atom stereocenters. The number of anilines is 1. The van der Waals surface area contributed by atoms with Crippen LogP contribution in [0.1, 0.15) is 41.9 Å². The van der Waals surface area contributed by atoms with Crippen LogP contribution in [0, 0.1) is 19.8 Å². The molecule has 26 heavy (non-hydrogen) atoms. The van der Waals surface area contributed by atoms with Crippen LogP contribution >= 0.6 is 11.3 Å². The van der Waals surface area contributed by atoms with Crippen molar-refractivity contribution in [2.45, 2.75) is 46.1 Å². The van der Waals surface area contributed by atoms with E-state index >= 15 is 0 Å². The number of nitrogens with zero attached hydrogens (tertiary/aromatic N) is 3. The number of aromatic nitrogens is 2. The first-order chi connectivity index (χ1) is 12.6. The van der Waals surface area contributed by atoms with Crippen molar-refractivity contribution >= 4 is 33.3 Å². The van der Waals surface area contributed by atoms with E-state index in [-0.39, 0.29) is 12.5 Å². The van der Waals surface area contributed by atoms with E-state index < -0.39 is 0 Å². The highest BCUT2D eigenvalue weighted by Gasteiger charge is 2.22. The Morgan fingerprint density at radius 3 is 2.73 bits per heavy atom. The lowest BCUT2D eigenvalue weighted by molar-refractivity contribution is -0.119. The zero-order valence-corrected chi connectivity index (χ0v) is 16.4. The SMILES string of the molecule is Cc1sc2nc(CN3CCCC3)nc(NCC(=O)NCC3CC3)c2c1C. The van der Waals surface area contributed by atoms with Crippen molar-refractivity contribution in [3.05, 3.63) is 16.3 Å². The Hall–Kier alpha value is -1.73. The molecular formula is C19H27N5OS. The Bertz CT molecular complexity index is 808. The van der Waals surface area contributed by atoms with Gasteiger partial charge in [0.2, 0.25) is 5.91 Å². The predicted octanol–water partition coefficient (Wildman–Crippen LogP) is 2.84. The molecule has 6 nitrogen and oxygen atoms in total. The van der Waals surface area contributed by atoms with Gasteiger partial charge in [-0.25, -0.2) is 9.97 Å². The van der Waals surface area contributed by atoms with Crippen LogP contribution < -0.4 is 10.6 Å². The van der Waals surface area contributed by atoms with Gasteiger partial charge in [-0.2, -0.15) is 0 Å². The van der Waals surface area contributed by atoms with Crippen molar-refractivity contribution in [1.29, 1.82) is 0 Å². The molecule has 2 N–H and O–H groups in total. The van der Waals surface area contributed by atoms with E-state index in [1.165, 1.54) is 36.1 Å². The van der Waals surface area contributed by atoms with Crippen molar-refractivity contribution in [2.24, 2.45) is 5.92 Å². The normalized spacial score (nSPS) is 17.8. The molecule has 1 saturated carbocycles. The lowest BCUT2D eigenvalue weighted by Gasteiger charge is -2.15. The van der Waals surface area contributed by atoms with Crippen molar-refractivity contribution in [2.75, 3.05) is 31.5 Å². The second-order valence-electron chi connectivity index (χ2n) is 7.54. The van der Waals surface area contributed by atoms with Gasteiger partial charge in [0, 0.05) is 11.4 Å². The molecule has 1 amide bonds. The Labute approximate surface area is 158 Å². The zero-order valence-electron chi connectivity index (χ0n) is 15.6. The minimum atomic E-state index is 0.0364. The van der Waals surface area contributed by atoms with E-state index in [1.807, 2.05) is 0 Å². The van der Waals surface area contributed by atoms with Gasteiger partial charge in [0.05, 0.1) is 18.5 Å². The third-order valence-corrected chi connectivity index (χ3v) is 6.44. The summed E-state index contributed by atoms with van der Waals surface area (Å²) >= 11 is 1.71. The number of hydrogen-bond acceptors (Lipinski definition) is 6. The molecule has 2 aromatic heterocycles. The van der Waals surface area contributed by atoms with E-state index in [0.717, 1.165) is 48.0 Å². The fourth-order valence-electron chi connectivity index (χ4n) is 3.44. The van der Waals surface area contributed by atoms with Gasteiger partial charge in [-0.15, -0.1) is 11.3 Å². The molecule has 2 fully saturated rings. The number of thiophene rings is 1. The molecule has 0 bridgehead atoms. The highest BCUT2D eigenvalue weighted by Crippen LogP contribution is 2.33. The first kappa shape index (κ1) is 17.7. The Kier molecular flexibility index (Phi) is 5.09. The summed E-state index contributed by atoms with van der Waals surface area (Å²) in [6.45, 7) is 8.32. The minimum absolute atomic E-state index is 0.0364. The monoisotopic (exact) mass is 373 g/mol. The van der Waals surface area contributed by atoms with Crippen molar-refractivity contribution < 1.29 is 4.79 Å². The van der Waals surface area contributed by atoms with Crippen molar-refractivity contribution in [3.63, 3.8) is 0 Å². The fraction of sp³-hybridized carbons (Fsp3) is 0.632. The maximum Gasteiger partial charge on any atom is 0.239 e. The van der Waals surface area contributed by atoms with Crippen LogP contribution in [0.25, 0.3) is 10.2 Å². The highest BCUT2D eigenvalue weighted by molar-refractivity contribution is 7.18. The van der Waals surface area contributed by atoms with E-state index in [9.17, 15) is 4.79 Å². The highest BCUT2D eigenvalue weighted by atomic mass is 32.1. The van der Waals surface area contributed by atoms with Gasteiger partial charge >= 0.3 is 0 Å². The molecule has 1 aliphatic heterocycles. The Morgan fingerprint density at radius 1 is 1.23 bits per heavy atom. The molecule has 1 aliphatic carbocycles. The first-order valence-corrected chi connectivity index (χ1v) is 10.4. The first-order valence-electron chi connectivity index (χ1n) is 9.59. The summed E-state index contributed by atoms with van der Waals surface area (Å²) in [7, 11) is 0. The molecule has 7 heteroatoms. The average molecular weight is 374 g/mol. The quantitative estimate of drug-likeness (QED) is 0.781. The number of aryl methyl sites for hydroxylation is 2. The minimum Gasteiger partial charge on any atom is -0.360 e. The molecule has 0 spiro atoms. The molecule has 140 valence electrons. The van der Waals surface area contributed by atoms with Gasteiger partial charge in [-0.05, 0) is 64.1 Å². The van der Waals surface area contributed by atoms with Crippen molar-refractivity contribution in [3.8, 4) is 0 Å². The maximum atomic E-state index is 12.1. The van der Waals surface area contributed by atoms with E-state index in [1.54, 1.807) is 11.3 Å². The van der Waals surface area contributed by atoms with Crippen LogP contribution in [-0.4, -0.2) is 47.0 Å². The molecule has 0 atom stereocenters.